The summed E-state index contributed by atoms with van der Waals surface area (Å²) in [5, 5.41) is 8.49. The minimum absolute atomic E-state index is 0.297. The Bertz CT molecular complexity index is 306. The van der Waals surface area contributed by atoms with Gasteiger partial charge in [0.25, 0.3) is 0 Å². The maximum absolute atomic E-state index is 8.49. The number of hydrogen-bond donors (Lipinski definition) is 0. The quantitative estimate of drug-likeness (QED) is 0.619. The predicted molar refractivity (Wildman–Crippen MR) is 47.6 cm³/mol. The second-order valence-electron chi connectivity index (χ2n) is 2.61. The molecule has 0 saturated carbocycles. The van der Waals surface area contributed by atoms with E-state index in [1.165, 1.54) is 0 Å². The number of hydrogen-bond acceptors (Lipinski definition) is 2. The largest absolute Gasteiger partial charge is 0.245 e. The first-order valence-corrected chi connectivity index (χ1v) is 3.76. The molecule has 0 spiro atoms. The third kappa shape index (κ3) is 1.70. The lowest BCUT2D eigenvalue weighted by atomic mass is 10.0. The summed E-state index contributed by atoms with van der Waals surface area (Å²) in [6, 6.07) is 5.59. The van der Waals surface area contributed by atoms with Crippen LogP contribution in [0.2, 0.25) is 0 Å². The highest BCUT2D eigenvalue weighted by molar-refractivity contribution is 5.26. The first-order valence-electron chi connectivity index (χ1n) is 3.76. The van der Waals surface area contributed by atoms with Crippen molar-refractivity contribution in [3.63, 3.8) is 0 Å². The first-order chi connectivity index (χ1) is 5.77. The Labute approximate surface area is 72.2 Å². The van der Waals surface area contributed by atoms with Gasteiger partial charge in [0.2, 0.25) is 0 Å². The van der Waals surface area contributed by atoms with E-state index in [4.69, 9.17) is 5.26 Å². The van der Waals surface area contributed by atoms with Crippen LogP contribution < -0.4 is 0 Å². The monoisotopic (exact) mass is 158 g/mol. The number of allylic oxidation sites excluding steroid dienone is 1. The molecule has 1 heterocycles. The van der Waals surface area contributed by atoms with Crippen molar-refractivity contribution >= 4 is 0 Å². The minimum atomic E-state index is 0.297. The summed E-state index contributed by atoms with van der Waals surface area (Å²) < 4.78 is 0. The molecule has 0 aliphatic rings. The van der Waals surface area contributed by atoms with Gasteiger partial charge in [-0.3, -0.25) is 0 Å². The molecule has 0 saturated heterocycles. The van der Waals surface area contributed by atoms with Crippen LogP contribution in [0, 0.1) is 11.3 Å². The molecule has 12 heavy (non-hydrogen) atoms. The molecule has 1 aromatic rings. The van der Waals surface area contributed by atoms with E-state index in [0.29, 0.717) is 11.6 Å². The van der Waals surface area contributed by atoms with Crippen molar-refractivity contribution in [1.29, 1.82) is 5.26 Å². The van der Waals surface area contributed by atoms with Gasteiger partial charge in [-0.2, -0.15) is 5.26 Å². The smallest absolute Gasteiger partial charge is 0.140 e. The highest BCUT2D eigenvalue weighted by Gasteiger charge is 2.00. The summed E-state index contributed by atoms with van der Waals surface area (Å²) in [4.78, 5) is 3.96. The molecule has 60 valence electrons. The molecule has 0 fully saturated rings. The molecule has 0 amide bonds. The molecule has 1 atom stereocenters. The molecule has 0 bridgehead atoms. The van der Waals surface area contributed by atoms with E-state index < -0.39 is 0 Å². The second kappa shape index (κ2) is 3.68. The highest BCUT2D eigenvalue weighted by Crippen LogP contribution is 2.14. The maximum Gasteiger partial charge on any atom is 0.140 e. The zero-order valence-electron chi connectivity index (χ0n) is 6.99. The van der Waals surface area contributed by atoms with Gasteiger partial charge in [0.05, 0.1) is 0 Å². The van der Waals surface area contributed by atoms with E-state index in [1.54, 1.807) is 12.3 Å². The molecular weight excluding hydrogens is 148 g/mol. The molecule has 0 radical (unpaired) electrons. The molecule has 0 aromatic carbocycles. The van der Waals surface area contributed by atoms with Gasteiger partial charge in [0.15, 0.2) is 0 Å². The van der Waals surface area contributed by atoms with Crippen LogP contribution in [0.25, 0.3) is 0 Å². The summed E-state index contributed by atoms with van der Waals surface area (Å²) in [6.45, 7) is 5.72. The van der Waals surface area contributed by atoms with Crippen LogP contribution in [0.1, 0.15) is 24.1 Å². The Morgan fingerprint density at radius 3 is 2.83 bits per heavy atom. The molecule has 1 rings (SSSR count). The second-order valence-corrected chi connectivity index (χ2v) is 2.61. The molecule has 0 N–H and O–H groups in total. The van der Waals surface area contributed by atoms with Crippen LogP contribution in [0.4, 0.5) is 0 Å². The van der Waals surface area contributed by atoms with Crippen molar-refractivity contribution < 1.29 is 0 Å². The van der Waals surface area contributed by atoms with Crippen LogP contribution in [-0.4, -0.2) is 4.98 Å². The normalized spacial score (nSPS) is 11.7. The van der Waals surface area contributed by atoms with Gasteiger partial charge in [-0.05, 0) is 11.6 Å². The molecule has 0 aliphatic carbocycles. The van der Waals surface area contributed by atoms with Crippen molar-refractivity contribution in [3.05, 3.63) is 42.2 Å². The number of aromatic nitrogens is 1. The number of nitrogens with zero attached hydrogens (tertiary/aromatic N) is 2. The molecule has 2 nitrogen and oxygen atoms in total. The van der Waals surface area contributed by atoms with Crippen molar-refractivity contribution in [3.8, 4) is 6.07 Å². The van der Waals surface area contributed by atoms with Gasteiger partial charge in [0, 0.05) is 12.1 Å². The molecular formula is C10H10N2. The van der Waals surface area contributed by atoms with Gasteiger partial charge >= 0.3 is 0 Å². The van der Waals surface area contributed by atoms with Crippen LogP contribution >= 0.6 is 0 Å². The lowest BCUT2D eigenvalue weighted by molar-refractivity contribution is 0.954. The Morgan fingerprint density at radius 2 is 2.42 bits per heavy atom. The summed E-state index contributed by atoms with van der Waals surface area (Å²) in [5.41, 5.74) is 1.54. The summed E-state index contributed by atoms with van der Waals surface area (Å²) in [6.07, 6.45) is 3.56. The van der Waals surface area contributed by atoms with Crippen LogP contribution in [0.15, 0.2) is 31.0 Å². The van der Waals surface area contributed by atoms with Crippen molar-refractivity contribution in [2.45, 2.75) is 12.8 Å². The summed E-state index contributed by atoms with van der Waals surface area (Å²) >= 11 is 0. The highest BCUT2D eigenvalue weighted by atomic mass is 14.7. The number of rotatable bonds is 2. The Kier molecular flexibility index (Phi) is 2.60. The fraction of sp³-hybridized carbons (Fsp3) is 0.200. The summed E-state index contributed by atoms with van der Waals surface area (Å²) in [5.74, 6) is 0.297. The predicted octanol–water partition coefficient (Wildman–Crippen LogP) is 2.24. The standard InChI is InChI=1S/C10H10N2/c1-3-8(2)9-4-5-10(6-11)12-7-9/h3-5,7-8H,1H2,2H3. The van der Waals surface area contributed by atoms with Gasteiger partial charge < -0.3 is 0 Å². The Morgan fingerprint density at radius 1 is 1.67 bits per heavy atom. The Hall–Kier alpha value is -1.62. The van der Waals surface area contributed by atoms with E-state index in [9.17, 15) is 0 Å². The Balaban J connectivity index is 2.93. The average molecular weight is 158 g/mol. The molecule has 1 unspecified atom stereocenters. The van der Waals surface area contributed by atoms with Gasteiger partial charge in [0.1, 0.15) is 11.8 Å². The summed E-state index contributed by atoms with van der Waals surface area (Å²) in [7, 11) is 0. The van der Waals surface area contributed by atoms with Crippen molar-refractivity contribution in [2.75, 3.05) is 0 Å². The zero-order valence-corrected chi connectivity index (χ0v) is 6.99. The van der Waals surface area contributed by atoms with Gasteiger partial charge in [-0.1, -0.05) is 19.1 Å². The lowest BCUT2D eigenvalue weighted by Gasteiger charge is -2.03. The van der Waals surface area contributed by atoms with Gasteiger partial charge in [-0.15, -0.1) is 6.58 Å². The minimum Gasteiger partial charge on any atom is -0.245 e. The van der Waals surface area contributed by atoms with Crippen LogP contribution in [0.5, 0.6) is 0 Å². The number of nitriles is 1. The fourth-order valence-electron chi connectivity index (χ4n) is 0.877. The topological polar surface area (TPSA) is 36.7 Å². The lowest BCUT2D eigenvalue weighted by Crippen LogP contribution is -1.90. The van der Waals surface area contributed by atoms with Crippen LogP contribution in [-0.2, 0) is 0 Å². The molecule has 0 aliphatic heterocycles. The molecule has 2 heteroatoms. The first kappa shape index (κ1) is 8.48. The number of pyridine rings is 1. The van der Waals surface area contributed by atoms with E-state index in [-0.39, 0.29) is 0 Å². The SMILES string of the molecule is C=CC(C)c1ccc(C#N)nc1. The zero-order chi connectivity index (χ0) is 8.97. The van der Waals surface area contributed by atoms with E-state index in [0.717, 1.165) is 5.56 Å². The van der Waals surface area contributed by atoms with Crippen LogP contribution in [0.3, 0.4) is 0 Å². The fourth-order valence-corrected chi connectivity index (χ4v) is 0.877. The van der Waals surface area contributed by atoms with Crippen molar-refractivity contribution in [2.24, 2.45) is 0 Å². The average Bonchev–Trinajstić information content (AvgIpc) is 2.17. The van der Waals surface area contributed by atoms with Crippen molar-refractivity contribution in [1.82, 2.24) is 4.98 Å². The third-order valence-corrected chi connectivity index (χ3v) is 1.78. The van der Waals surface area contributed by atoms with E-state index in [1.807, 2.05) is 25.1 Å². The van der Waals surface area contributed by atoms with E-state index >= 15 is 0 Å². The third-order valence-electron chi connectivity index (χ3n) is 1.78. The maximum atomic E-state index is 8.49. The van der Waals surface area contributed by atoms with Gasteiger partial charge in [-0.25, -0.2) is 4.98 Å². The van der Waals surface area contributed by atoms with E-state index in [2.05, 4.69) is 11.6 Å². The molecule has 1 aromatic heterocycles.